The van der Waals surface area contributed by atoms with Gasteiger partial charge in [-0.05, 0) is 141 Å². The van der Waals surface area contributed by atoms with E-state index >= 15 is 0 Å². The Morgan fingerprint density at radius 1 is 0.436 bits per heavy atom. The highest BCUT2D eigenvalue weighted by molar-refractivity contribution is 6.10. The first-order chi connectivity index (χ1) is 26.8. The molecule has 2 nitrogen and oxygen atoms in total. The van der Waals surface area contributed by atoms with Crippen LogP contribution in [0.1, 0.15) is 49.9 Å². The molecule has 0 bridgehead atoms. The van der Waals surface area contributed by atoms with Crippen LogP contribution in [0.2, 0.25) is 0 Å². The van der Waals surface area contributed by atoms with Crippen molar-refractivity contribution in [1.29, 1.82) is 0 Å². The molecule has 3 aliphatic rings. The number of hydrogen-bond donors (Lipinski definition) is 0. The molecule has 0 atom stereocenters. The van der Waals surface area contributed by atoms with E-state index < -0.39 is 0 Å². The molecule has 0 unspecified atom stereocenters. The third-order valence-electron chi connectivity index (χ3n) is 12.0. The van der Waals surface area contributed by atoms with E-state index in [1.165, 1.54) is 61.0 Å². The van der Waals surface area contributed by atoms with Gasteiger partial charge in [0, 0.05) is 44.7 Å². The van der Waals surface area contributed by atoms with E-state index in [-0.39, 0.29) is 10.8 Å². The van der Waals surface area contributed by atoms with Gasteiger partial charge in [-0.3, -0.25) is 0 Å². The predicted octanol–water partition coefficient (Wildman–Crippen LogP) is 14.2. The molecule has 0 saturated heterocycles. The number of para-hydroxylation sites is 3. The zero-order valence-corrected chi connectivity index (χ0v) is 31.7. The van der Waals surface area contributed by atoms with Crippen LogP contribution < -0.4 is 9.80 Å². The van der Waals surface area contributed by atoms with Crippen molar-refractivity contribution in [2.24, 2.45) is 0 Å². The molecule has 55 heavy (non-hydrogen) atoms. The van der Waals surface area contributed by atoms with E-state index in [0.29, 0.717) is 0 Å². The van der Waals surface area contributed by atoms with Gasteiger partial charge in [0.2, 0.25) is 0 Å². The fraction of sp³-hybridized carbons (Fsp3) is 0.113. The number of allylic oxidation sites excluding steroid dienone is 4. The van der Waals surface area contributed by atoms with Crippen molar-refractivity contribution in [2.45, 2.75) is 38.5 Å². The molecule has 0 amide bonds. The maximum atomic E-state index is 3.23. The summed E-state index contributed by atoms with van der Waals surface area (Å²) in [4.78, 5) is 4.77. The summed E-state index contributed by atoms with van der Waals surface area (Å²) in [5, 5.41) is 2.54. The largest absolute Gasteiger partial charge is 0.310 e. The van der Waals surface area contributed by atoms with Crippen LogP contribution in [0.5, 0.6) is 0 Å². The highest BCUT2D eigenvalue weighted by atomic mass is 15.2. The Morgan fingerprint density at radius 3 is 1.65 bits per heavy atom. The summed E-state index contributed by atoms with van der Waals surface area (Å²) in [5.41, 5.74) is 20.6. The Morgan fingerprint density at radius 2 is 0.982 bits per heavy atom. The maximum absolute atomic E-state index is 3.23. The van der Waals surface area contributed by atoms with Gasteiger partial charge >= 0.3 is 0 Å². The lowest BCUT2D eigenvalue weighted by Gasteiger charge is -2.29. The molecule has 0 saturated carbocycles. The molecule has 0 aliphatic heterocycles. The normalized spacial score (nSPS) is 15.2. The summed E-state index contributed by atoms with van der Waals surface area (Å²) in [5.74, 6) is 0. The van der Waals surface area contributed by atoms with Crippen molar-refractivity contribution in [3.8, 4) is 22.3 Å². The van der Waals surface area contributed by atoms with E-state index in [9.17, 15) is 0 Å². The lowest BCUT2D eigenvalue weighted by atomic mass is 9.79. The van der Waals surface area contributed by atoms with E-state index in [1.807, 2.05) is 12.2 Å². The highest BCUT2D eigenvalue weighted by Gasteiger charge is 2.43. The van der Waals surface area contributed by atoms with Crippen LogP contribution in [-0.2, 0) is 10.8 Å². The molecule has 0 fully saturated rings. The standard InChI is InChI=1S/C53H42N2/c1-52(2)46-32-40(54(37-22-12-7-13-23-37)36-20-10-5-6-11-21-36)30-31-41(46)44-33-48-45(34-47(44)52)51-43-29-19-18-28-42(43)50(35-49(51)53(48,3)4)55(38-24-14-8-15-25-38)39-26-16-9-17-27-39/h5,7-35H,1-4H3. The molecule has 0 spiro atoms. The molecule has 0 N–H and O–H groups in total. The quantitative estimate of drug-likeness (QED) is 0.159. The molecule has 2 heteroatoms. The van der Waals surface area contributed by atoms with Gasteiger partial charge in [-0.1, -0.05) is 119 Å². The Labute approximate surface area is 324 Å². The predicted molar refractivity (Wildman–Crippen MR) is 232 cm³/mol. The number of benzene rings is 7. The number of anilines is 5. The second-order valence-electron chi connectivity index (χ2n) is 15.9. The van der Waals surface area contributed by atoms with E-state index in [0.717, 1.165) is 28.4 Å². The molecule has 264 valence electrons. The second kappa shape index (κ2) is 12.5. The topological polar surface area (TPSA) is 6.48 Å². The first-order valence-corrected chi connectivity index (χ1v) is 19.3. The van der Waals surface area contributed by atoms with Gasteiger partial charge in [0.1, 0.15) is 0 Å². The Kier molecular flexibility index (Phi) is 7.49. The molecule has 3 aliphatic carbocycles. The summed E-state index contributed by atoms with van der Waals surface area (Å²) >= 11 is 0. The average molecular weight is 707 g/mol. The van der Waals surface area contributed by atoms with Gasteiger partial charge in [-0.2, -0.15) is 0 Å². The van der Waals surface area contributed by atoms with Crippen LogP contribution in [0.4, 0.5) is 28.4 Å². The minimum Gasteiger partial charge on any atom is -0.310 e. The lowest BCUT2D eigenvalue weighted by Crippen LogP contribution is -2.19. The van der Waals surface area contributed by atoms with E-state index in [2.05, 4.69) is 213 Å². The molecule has 7 aromatic carbocycles. The summed E-state index contributed by atoms with van der Waals surface area (Å²) in [6.45, 7) is 9.63. The van der Waals surface area contributed by atoms with Crippen LogP contribution in [-0.4, -0.2) is 0 Å². The molecule has 10 rings (SSSR count). The van der Waals surface area contributed by atoms with Crippen LogP contribution >= 0.6 is 0 Å². The Balaban J connectivity index is 1.14. The van der Waals surface area contributed by atoms with Gasteiger partial charge in [-0.25, -0.2) is 0 Å². The summed E-state index contributed by atoms with van der Waals surface area (Å²) < 4.78 is 0. The van der Waals surface area contributed by atoms with E-state index in [4.69, 9.17) is 0 Å². The third-order valence-corrected chi connectivity index (χ3v) is 12.0. The first kappa shape index (κ1) is 33.0. The van der Waals surface area contributed by atoms with Crippen LogP contribution in [0.25, 0.3) is 33.0 Å². The Bertz CT molecular complexity index is 2740. The van der Waals surface area contributed by atoms with Crippen molar-refractivity contribution < 1.29 is 0 Å². The average Bonchev–Trinajstić information content (AvgIpc) is 3.39. The molecule has 0 radical (unpaired) electrons. The van der Waals surface area contributed by atoms with Crippen molar-refractivity contribution in [1.82, 2.24) is 0 Å². The minimum absolute atomic E-state index is 0.201. The zero-order valence-electron chi connectivity index (χ0n) is 31.7. The summed E-state index contributed by atoms with van der Waals surface area (Å²) in [6, 6.07) is 55.8. The van der Waals surface area contributed by atoms with Crippen LogP contribution in [0.15, 0.2) is 193 Å². The van der Waals surface area contributed by atoms with Gasteiger partial charge in [0.15, 0.2) is 0 Å². The molecular weight excluding hydrogens is 665 g/mol. The highest BCUT2D eigenvalue weighted by Crippen LogP contribution is 2.59. The minimum atomic E-state index is -0.214. The fourth-order valence-electron chi connectivity index (χ4n) is 9.30. The van der Waals surface area contributed by atoms with Gasteiger partial charge < -0.3 is 9.80 Å². The number of hydrogen-bond acceptors (Lipinski definition) is 2. The lowest BCUT2D eigenvalue weighted by molar-refractivity contribution is 0.652. The smallest absolute Gasteiger partial charge is 0.0543 e. The van der Waals surface area contributed by atoms with E-state index in [1.54, 1.807) is 0 Å². The van der Waals surface area contributed by atoms with Crippen molar-refractivity contribution in [3.05, 3.63) is 216 Å². The first-order valence-electron chi connectivity index (χ1n) is 19.3. The molecule has 0 heterocycles. The number of rotatable bonds is 6. The molecule has 0 aromatic heterocycles. The monoisotopic (exact) mass is 706 g/mol. The van der Waals surface area contributed by atoms with Crippen molar-refractivity contribution in [3.63, 3.8) is 0 Å². The summed E-state index contributed by atoms with van der Waals surface area (Å²) in [7, 11) is 0. The van der Waals surface area contributed by atoms with Crippen molar-refractivity contribution >= 4 is 39.2 Å². The Hall–Kier alpha value is -6.60. The summed E-state index contributed by atoms with van der Waals surface area (Å²) in [6.07, 6.45) is 10.3. The van der Waals surface area contributed by atoms with Gasteiger partial charge in [0.05, 0.1) is 5.69 Å². The van der Waals surface area contributed by atoms with Gasteiger partial charge in [0.25, 0.3) is 0 Å². The maximum Gasteiger partial charge on any atom is 0.0543 e. The van der Waals surface area contributed by atoms with Crippen LogP contribution in [0.3, 0.4) is 0 Å². The zero-order chi connectivity index (χ0) is 37.3. The van der Waals surface area contributed by atoms with Gasteiger partial charge in [-0.15, -0.1) is 5.73 Å². The molecular formula is C53H42N2. The second-order valence-corrected chi connectivity index (χ2v) is 15.9. The number of fused-ring (bicyclic) bond motifs is 8. The third kappa shape index (κ3) is 5.10. The van der Waals surface area contributed by atoms with Crippen molar-refractivity contribution in [2.75, 3.05) is 9.80 Å². The fourth-order valence-corrected chi connectivity index (χ4v) is 9.30. The van der Waals surface area contributed by atoms with Crippen LogP contribution in [0, 0.1) is 0 Å². The SMILES string of the molecule is CC1(C)c2cc(N(C3=CC=C=CC=C3)c3ccccc3)ccc2-c2cc3c(cc21)-c1c(cc(N(c2ccccc2)c2ccccc2)c2ccccc12)C3(C)C. The number of nitrogens with zero attached hydrogens (tertiary/aromatic N) is 2. The molecule has 7 aromatic rings.